The third-order valence-corrected chi connectivity index (χ3v) is 6.40. The van der Waals surface area contributed by atoms with Crippen molar-refractivity contribution in [3.63, 3.8) is 0 Å². The van der Waals surface area contributed by atoms with Crippen LogP contribution in [-0.4, -0.2) is 40.6 Å². The molecule has 9 heteroatoms. The van der Waals surface area contributed by atoms with Crippen LogP contribution in [0.25, 0.3) is 0 Å². The Balaban J connectivity index is 1.50. The van der Waals surface area contributed by atoms with E-state index < -0.39 is 10.0 Å². The molecule has 0 unspecified atom stereocenters. The van der Waals surface area contributed by atoms with Crippen LogP contribution in [0, 0.1) is 0 Å². The highest BCUT2D eigenvalue weighted by Crippen LogP contribution is 2.24. The molecule has 0 aliphatic carbocycles. The van der Waals surface area contributed by atoms with E-state index in [1.165, 1.54) is 11.1 Å². The van der Waals surface area contributed by atoms with Gasteiger partial charge in [0.15, 0.2) is 5.96 Å². The van der Waals surface area contributed by atoms with Crippen LogP contribution in [0.15, 0.2) is 51.7 Å². The summed E-state index contributed by atoms with van der Waals surface area (Å²) in [5, 5.41) is 15.3. The second-order valence-electron chi connectivity index (χ2n) is 6.48. The smallest absolute Gasteiger partial charge is 0.238 e. The molecule has 0 amide bonds. The number of nitrogens with one attached hydrogen (secondary N) is 2. The monoisotopic (exact) mass is 407 g/mol. The minimum absolute atomic E-state index is 0.116. The molecule has 2 heterocycles. The Labute approximate surface area is 164 Å². The van der Waals surface area contributed by atoms with E-state index in [1.807, 2.05) is 6.07 Å². The van der Waals surface area contributed by atoms with Gasteiger partial charge in [-0.2, -0.15) is 0 Å². The van der Waals surface area contributed by atoms with Gasteiger partial charge in [-0.15, -0.1) is 11.3 Å². The Morgan fingerprint density at radius 1 is 1.30 bits per heavy atom. The molecule has 7 nitrogen and oxygen atoms in total. The molecule has 0 saturated carbocycles. The van der Waals surface area contributed by atoms with Gasteiger partial charge in [-0.25, -0.2) is 13.6 Å². The van der Waals surface area contributed by atoms with Gasteiger partial charge in [-0.1, -0.05) is 12.1 Å². The van der Waals surface area contributed by atoms with Crippen LogP contribution in [0.3, 0.4) is 0 Å². The summed E-state index contributed by atoms with van der Waals surface area (Å²) in [5.41, 5.74) is 0.831. The first-order valence-corrected chi connectivity index (χ1v) is 11.3. The van der Waals surface area contributed by atoms with Crippen LogP contribution in [0.1, 0.15) is 18.4 Å². The summed E-state index contributed by atoms with van der Waals surface area (Å²) in [6.45, 7) is 2.51. The summed E-state index contributed by atoms with van der Waals surface area (Å²) in [6.07, 6.45) is 2.08. The van der Waals surface area contributed by atoms with Crippen molar-refractivity contribution in [2.24, 2.45) is 10.1 Å². The van der Waals surface area contributed by atoms with Gasteiger partial charge in [0.25, 0.3) is 0 Å². The molecule has 0 radical (unpaired) electrons. The maximum absolute atomic E-state index is 11.5. The zero-order chi connectivity index (χ0) is 19.3. The molecule has 2 aromatic rings. The average molecular weight is 408 g/mol. The molecular weight excluding hydrogens is 382 g/mol. The van der Waals surface area contributed by atoms with Crippen molar-refractivity contribution in [3.8, 4) is 0 Å². The summed E-state index contributed by atoms with van der Waals surface area (Å²) in [7, 11) is -1.96. The number of aliphatic imine (C=N–C) groups is 1. The number of primary sulfonamides is 1. The number of benzene rings is 1. The number of nitrogens with two attached hydrogens (primary N) is 1. The summed E-state index contributed by atoms with van der Waals surface area (Å²) in [6, 6.07) is 11.2. The van der Waals surface area contributed by atoms with Crippen LogP contribution < -0.4 is 20.7 Å². The molecule has 1 aromatic carbocycles. The van der Waals surface area contributed by atoms with Gasteiger partial charge in [0, 0.05) is 32.7 Å². The summed E-state index contributed by atoms with van der Waals surface area (Å²) in [5.74, 6) is 0.714. The maximum Gasteiger partial charge on any atom is 0.238 e. The van der Waals surface area contributed by atoms with Crippen molar-refractivity contribution in [2.45, 2.75) is 30.3 Å². The van der Waals surface area contributed by atoms with Crippen LogP contribution in [0.5, 0.6) is 0 Å². The number of anilines is 1. The van der Waals surface area contributed by atoms with Gasteiger partial charge in [-0.3, -0.25) is 4.99 Å². The standard InChI is InChI=1S/C18H25N5O2S2/c1-20-18(21-13-14-4-2-5-16(12-14)27(19,24)25)22-15-7-9-23(10-8-15)17-6-3-11-26-17/h2-6,11-12,15H,7-10,13H2,1H3,(H2,19,24,25)(H2,20,21,22). The van der Waals surface area contributed by atoms with Crippen LogP contribution in [0.2, 0.25) is 0 Å². The quantitative estimate of drug-likeness (QED) is 0.518. The molecule has 1 aliphatic rings. The second-order valence-corrected chi connectivity index (χ2v) is 8.96. The molecule has 1 saturated heterocycles. The lowest BCUT2D eigenvalue weighted by Crippen LogP contribution is -2.48. The summed E-state index contributed by atoms with van der Waals surface area (Å²) in [4.78, 5) is 6.81. The molecule has 27 heavy (non-hydrogen) atoms. The predicted octanol–water partition coefficient (Wildman–Crippen LogP) is 1.73. The van der Waals surface area contributed by atoms with Crippen molar-refractivity contribution in [1.82, 2.24) is 10.6 Å². The zero-order valence-corrected chi connectivity index (χ0v) is 16.9. The Kier molecular flexibility index (Phi) is 6.35. The van der Waals surface area contributed by atoms with Gasteiger partial charge >= 0.3 is 0 Å². The molecule has 3 rings (SSSR count). The number of hydrogen-bond donors (Lipinski definition) is 3. The van der Waals surface area contributed by atoms with Crippen LogP contribution in [-0.2, 0) is 16.6 Å². The Bertz CT molecular complexity index is 873. The number of guanidine groups is 1. The van der Waals surface area contributed by atoms with E-state index in [-0.39, 0.29) is 4.90 Å². The number of hydrogen-bond acceptors (Lipinski definition) is 5. The minimum Gasteiger partial charge on any atom is -0.363 e. The fourth-order valence-electron chi connectivity index (χ4n) is 3.10. The molecular formula is C18H25N5O2S2. The molecule has 0 spiro atoms. The van der Waals surface area contributed by atoms with E-state index in [4.69, 9.17) is 5.14 Å². The summed E-state index contributed by atoms with van der Waals surface area (Å²) < 4.78 is 22.9. The zero-order valence-electron chi connectivity index (χ0n) is 15.3. The molecule has 1 aromatic heterocycles. The molecule has 0 atom stereocenters. The van der Waals surface area contributed by atoms with E-state index in [0.717, 1.165) is 31.5 Å². The molecule has 1 fully saturated rings. The number of rotatable bonds is 5. The van der Waals surface area contributed by atoms with E-state index in [9.17, 15) is 8.42 Å². The number of nitrogens with zero attached hydrogens (tertiary/aromatic N) is 2. The number of thiophene rings is 1. The summed E-state index contributed by atoms with van der Waals surface area (Å²) >= 11 is 1.78. The van der Waals surface area contributed by atoms with Gasteiger partial charge in [0.05, 0.1) is 9.90 Å². The highest BCUT2D eigenvalue weighted by atomic mass is 32.2. The molecule has 146 valence electrons. The Morgan fingerprint density at radius 2 is 2.07 bits per heavy atom. The first-order valence-electron chi connectivity index (χ1n) is 8.83. The number of piperidine rings is 1. The normalized spacial score (nSPS) is 16.4. The third-order valence-electron chi connectivity index (χ3n) is 4.56. The van der Waals surface area contributed by atoms with E-state index in [0.29, 0.717) is 18.5 Å². The van der Waals surface area contributed by atoms with Crippen LogP contribution in [0.4, 0.5) is 5.00 Å². The van der Waals surface area contributed by atoms with Gasteiger partial charge in [0.1, 0.15) is 0 Å². The van der Waals surface area contributed by atoms with Gasteiger partial charge in [-0.05, 0) is 48.1 Å². The molecule has 4 N–H and O–H groups in total. The second kappa shape index (κ2) is 8.73. The van der Waals surface area contributed by atoms with Crippen molar-refractivity contribution in [3.05, 3.63) is 47.3 Å². The SMILES string of the molecule is CN=C(NCc1cccc(S(N)(=O)=O)c1)NC1CCN(c2cccs2)CC1. The van der Waals surface area contributed by atoms with Gasteiger partial charge in [0.2, 0.25) is 10.0 Å². The first kappa shape index (κ1) is 19.7. The minimum atomic E-state index is -3.69. The largest absolute Gasteiger partial charge is 0.363 e. The van der Waals surface area contributed by atoms with E-state index in [1.54, 1.807) is 30.5 Å². The lowest BCUT2D eigenvalue weighted by atomic mass is 10.1. The van der Waals surface area contributed by atoms with Crippen molar-refractivity contribution >= 4 is 32.3 Å². The van der Waals surface area contributed by atoms with Crippen molar-refractivity contribution in [2.75, 3.05) is 25.0 Å². The Morgan fingerprint density at radius 3 is 2.70 bits per heavy atom. The van der Waals surface area contributed by atoms with Crippen LogP contribution >= 0.6 is 11.3 Å². The molecule has 1 aliphatic heterocycles. The Hall–Kier alpha value is -2.10. The highest BCUT2D eigenvalue weighted by molar-refractivity contribution is 7.89. The first-order chi connectivity index (χ1) is 13.0. The topological polar surface area (TPSA) is 99.8 Å². The fraction of sp³-hybridized carbons (Fsp3) is 0.389. The number of sulfonamides is 1. The van der Waals surface area contributed by atoms with Crippen molar-refractivity contribution in [1.29, 1.82) is 0 Å². The lowest BCUT2D eigenvalue weighted by Gasteiger charge is -2.33. The highest BCUT2D eigenvalue weighted by Gasteiger charge is 2.20. The molecule has 0 bridgehead atoms. The van der Waals surface area contributed by atoms with E-state index in [2.05, 4.69) is 38.0 Å². The maximum atomic E-state index is 11.5. The van der Waals surface area contributed by atoms with Crippen molar-refractivity contribution < 1.29 is 8.42 Å². The fourth-order valence-corrected chi connectivity index (χ4v) is 4.47. The average Bonchev–Trinajstić information content (AvgIpc) is 3.20. The predicted molar refractivity (Wildman–Crippen MR) is 111 cm³/mol. The van der Waals surface area contributed by atoms with E-state index >= 15 is 0 Å². The third kappa shape index (κ3) is 5.44. The lowest BCUT2D eigenvalue weighted by molar-refractivity contribution is 0.463. The van der Waals surface area contributed by atoms with Gasteiger partial charge < -0.3 is 15.5 Å².